The fourth-order valence-electron chi connectivity index (χ4n) is 2.42. The SMILES string of the molecule is C=C(C)CC(CC)NC(=C)NCCCCCCC(F)(F)C(=O)OCC.CCC.CCCC. The third kappa shape index (κ3) is 24.7. The fourth-order valence-corrected chi connectivity index (χ4v) is 2.42. The van der Waals surface area contributed by atoms with Crippen LogP contribution in [0.4, 0.5) is 8.78 Å². The Morgan fingerprint density at radius 1 is 0.969 bits per heavy atom. The maximum Gasteiger partial charge on any atom is 0.376 e. The minimum Gasteiger partial charge on any atom is -0.462 e. The van der Waals surface area contributed by atoms with Crippen molar-refractivity contribution in [3.8, 4) is 0 Å². The van der Waals surface area contributed by atoms with Crippen LogP contribution in [0.1, 0.15) is 113 Å². The van der Waals surface area contributed by atoms with E-state index in [9.17, 15) is 13.6 Å². The van der Waals surface area contributed by atoms with Gasteiger partial charge in [-0.25, -0.2) is 4.79 Å². The van der Waals surface area contributed by atoms with E-state index in [-0.39, 0.29) is 6.61 Å². The summed E-state index contributed by atoms with van der Waals surface area (Å²) >= 11 is 0. The summed E-state index contributed by atoms with van der Waals surface area (Å²) in [5.41, 5.74) is 1.13. The summed E-state index contributed by atoms with van der Waals surface area (Å²) in [5.74, 6) is -4.01. The number of esters is 1. The Balaban J connectivity index is -0.00000105. The van der Waals surface area contributed by atoms with Crippen LogP contribution in [0, 0.1) is 0 Å². The molecule has 0 fully saturated rings. The molecule has 0 aromatic rings. The van der Waals surface area contributed by atoms with Crippen molar-refractivity contribution in [3.05, 3.63) is 24.6 Å². The molecule has 0 heterocycles. The Labute approximate surface area is 197 Å². The van der Waals surface area contributed by atoms with E-state index in [1.54, 1.807) is 0 Å². The first kappa shape index (κ1) is 35.0. The molecule has 0 aromatic heterocycles. The standard InChI is InChI=1S/C19H34F2N2O2.C4H10.C3H8/c1-6-17(14-15(3)4)23-16(5)22-13-11-9-8-10-12-19(20,21)18(24)25-7-2;1-3-4-2;1-3-2/h17,22-23H,3,5-14H2,1-2,4H3;3-4H2,1-2H3;3H2,1-2H3. The number of hydrogen-bond donors (Lipinski definition) is 2. The van der Waals surface area contributed by atoms with Gasteiger partial charge in [0.1, 0.15) is 0 Å². The predicted octanol–water partition coefficient (Wildman–Crippen LogP) is 7.75. The molecule has 2 N–H and O–H groups in total. The molecule has 0 bridgehead atoms. The molecule has 0 rings (SSSR count). The average Bonchev–Trinajstić information content (AvgIpc) is 2.73. The lowest BCUT2D eigenvalue weighted by Gasteiger charge is -2.21. The molecule has 0 saturated carbocycles. The minimum absolute atomic E-state index is 0.0245. The smallest absolute Gasteiger partial charge is 0.376 e. The highest BCUT2D eigenvalue weighted by atomic mass is 19.3. The molecule has 0 saturated heterocycles. The van der Waals surface area contributed by atoms with E-state index in [0.29, 0.717) is 18.9 Å². The number of halogens is 2. The second-order valence-corrected chi connectivity index (χ2v) is 8.11. The molecule has 1 unspecified atom stereocenters. The van der Waals surface area contributed by atoms with Gasteiger partial charge in [0.15, 0.2) is 0 Å². The van der Waals surface area contributed by atoms with E-state index < -0.39 is 18.3 Å². The maximum atomic E-state index is 13.4. The second kappa shape index (κ2) is 24.1. The van der Waals surface area contributed by atoms with Crippen molar-refractivity contribution in [3.63, 3.8) is 0 Å². The van der Waals surface area contributed by atoms with E-state index in [1.165, 1.54) is 26.2 Å². The number of carbonyl (C=O) groups excluding carboxylic acids is 1. The summed E-state index contributed by atoms with van der Waals surface area (Å²) in [7, 11) is 0. The van der Waals surface area contributed by atoms with Crippen LogP contribution in [0.25, 0.3) is 0 Å². The highest BCUT2D eigenvalue weighted by molar-refractivity contribution is 5.77. The van der Waals surface area contributed by atoms with Gasteiger partial charge >= 0.3 is 11.9 Å². The Morgan fingerprint density at radius 3 is 1.94 bits per heavy atom. The summed E-state index contributed by atoms with van der Waals surface area (Å²) in [4.78, 5) is 11.1. The number of ether oxygens (including phenoxy) is 1. The maximum absolute atomic E-state index is 13.4. The lowest BCUT2D eigenvalue weighted by molar-refractivity contribution is -0.172. The number of alkyl halides is 2. The summed E-state index contributed by atoms with van der Waals surface area (Å²) in [6, 6.07) is 0.322. The van der Waals surface area contributed by atoms with E-state index >= 15 is 0 Å². The number of carbonyl (C=O) groups is 1. The number of unbranched alkanes of at least 4 members (excludes halogenated alkanes) is 4. The van der Waals surface area contributed by atoms with Gasteiger partial charge in [-0.15, -0.1) is 6.58 Å². The molecule has 1 atom stereocenters. The molecule has 0 spiro atoms. The average molecular weight is 463 g/mol. The lowest BCUT2D eigenvalue weighted by Crippen LogP contribution is -2.34. The molecule has 0 aromatic carbocycles. The van der Waals surface area contributed by atoms with Gasteiger partial charge in [0.25, 0.3) is 0 Å². The molecule has 0 aliphatic rings. The molecule has 192 valence electrons. The first-order valence-electron chi connectivity index (χ1n) is 12.4. The summed E-state index contributed by atoms with van der Waals surface area (Å²) < 4.78 is 31.2. The first-order valence-corrected chi connectivity index (χ1v) is 12.4. The van der Waals surface area contributed by atoms with Crippen molar-refractivity contribution in [2.75, 3.05) is 13.2 Å². The largest absolute Gasteiger partial charge is 0.462 e. The van der Waals surface area contributed by atoms with Crippen LogP contribution in [0.3, 0.4) is 0 Å². The third-order valence-electron chi connectivity index (χ3n) is 4.30. The van der Waals surface area contributed by atoms with Crippen molar-refractivity contribution in [1.82, 2.24) is 10.6 Å². The lowest BCUT2D eigenvalue weighted by atomic mass is 10.1. The van der Waals surface area contributed by atoms with Crippen LogP contribution in [0.2, 0.25) is 0 Å². The van der Waals surface area contributed by atoms with E-state index in [1.807, 2.05) is 6.92 Å². The third-order valence-corrected chi connectivity index (χ3v) is 4.30. The number of hydrogen-bond acceptors (Lipinski definition) is 4. The monoisotopic (exact) mass is 462 g/mol. The van der Waals surface area contributed by atoms with Gasteiger partial charge in [-0.05, 0) is 39.5 Å². The van der Waals surface area contributed by atoms with Gasteiger partial charge in [-0.3, -0.25) is 0 Å². The first-order chi connectivity index (χ1) is 15.1. The van der Waals surface area contributed by atoms with Crippen LogP contribution >= 0.6 is 0 Å². The van der Waals surface area contributed by atoms with Gasteiger partial charge in [-0.1, -0.05) is 78.9 Å². The molecule has 0 aliphatic carbocycles. The highest BCUT2D eigenvalue weighted by Crippen LogP contribution is 2.23. The number of nitrogens with one attached hydrogen (secondary N) is 2. The molecule has 0 amide bonds. The van der Waals surface area contributed by atoms with E-state index in [2.05, 4.69) is 63.1 Å². The van der Waals surface area contributed by atoms with E-state index in [4.69, 9.17) is 0 Å². The zero-order valence-electron chi connectivity index (χ0n) is 22.0. The summed E-state index contributed by atoms with van der Waals surface area (Å²) in [5, 5.41) is 6.53. The molecule has 4 nitrogen and oxygen atoms in total. The van der Waals surface area contributed by atoms with Gasteiger partial charge < -0.3 is 15.4 Å². The highest BCUT2D eigenvalue weighted by Gasteiger charge is 2.39. The van der Waals surface area contributed by atoms with Crippen molar-refractivity contribution in [2.45, 2.75) is 125 Å². The van der Waals surface area contributed by atoms with Gasteiger partial charge in [0.05, 0.1) is 12.4 Å². The molecular weight excluding hydrogens is 410 g/mol. The van der Waals surface area contributed by atoms with E-state index in [0.717, 1.165) is 43.6 Å². The zero-order chi connectivity index (χ0) is 25.4. The molecule has 6 heteroatoms. The van der Waals surface area contributed by atoms with Crippen LogP contribution in [0.5, 0.6) is 0 Å². The normalized spacial score (nSPS) is 11.2. The number of rotatable bonds is 16. The quantitative estimate of drug-likeness (QED) is 0.140. The summed E-state index contributed by atoms with van der Waals surface area (Å²) in [6.45, 7) is 22.8. The Kier molecular flexibility index (Phi) is 26.3. The van der Waals surface area contributed by atoms with Crippen LogP contribution in [0.15, 0.2) is 24.6 Å². The molecular formula is C26H52F2N2O2. The van der Waals surface area contributed by atoms with Crippen molar-refractivity contribution in [2.24, 2.45) is 0 Å². The molecule has 0 radical (unpaired) electrons. The predicted molar refractivity (Wildman–Crippen MR) is 135 cm³/mol. The topological polar surface area (TPSA) is 50.4 Å². The molecule has 0 aliphatic heterocycles. The molecule has 32 heavy (non-hydrogen) atoms. The van der Waals surface area contributed by atoms with Crippen LogP contribution < -0.4 is 10.6 Å². The Morgan fingerprint density at radius 2 is 1.50 bits per heavy atom. The van der Waals surface area contributed by atoms with Crippen LogP contribution in [-0.2, 0) is 9.53 Å². The Bertz CT molecular complexity index is 467. The van der Waals surface area contributed by atoms with Crippen LogP contribution in [-0.4, -0.2) is 31.1 Å². The van der Waals surface area contributed by atoms with Crippen molar-refractivity contribution < 1.29 is 18.3 Å². The van der Waals surface area contributed by atoms with Crippen molar-refractivity contribution in [1.29, 1.82) is 0 Å². The fraction of sp³-hybridized carbons (Fsp3) is 0.808. The van der Waals surface area contributed by atoms with Crippen molar-refractivity contribution >= 4 is 5.97 Å². The van der Waals surface area contributed by atoms with Gasteiger partial charge in [0, 0.05) is 19.0 Å². The zero-order valence-corrected chi connectivity index (χ0v) is 22.0. The second-order valence-electron chi connectivity index (χ2n) is 8.11. The van der Waals surface area contributed by atoms with Gasteiger partial charge in [0.2, 0.25) is 0 Å². The summed E-state index contributed by atoms with van der Waals surface area (Å²) in [6.07, 6.45) is 7.98. The minimum atomic E-state index is -3.37. The Hall–Kier alpha value is -1.59. The van der Waals surface area contributed by atoms with Gasteiger partial charge in [-0.2, -0.15) is 8.78 Å².